The summed E-state index contributed by atoms with van der Waals surface area (Å²) in [6, 6.07) is 17.1. The zero-order valence-electron chi connectivity index (χ0n) is 16.0. The summed E-state index contributed by atoms with van der Waals surface area (Å²) in [5.41, 5.74) is 2.09. The van der Waals surface area contributed by atoms with Gasteiger partial charge < -0.3 is 9.64 Å². The average Bonchev–Trinajstić information content (AvgIpc) is 3.14. The van der Waals surface area contributed by atoms with E-state index in [0.717, 1.165) is 17.0 Å². The summed E-state index contributed by atoms with van der Waals surface area (Å²) in [6.45, 7) is 0.247. The number of para-hydroxylation sites is 1. The van der Waals surface area contributed by atoms with Crippen molar-refractivity contribution >= 4 is 45.5 Å². The number of amides is 1. The van der Waals surface area contributed by atoms with E-state index in [1.54, 1.807) is 6.08 Å². The molecule has 0 atom stereocenters. The molecule has 8 heteroatoms. The van der Waals surface area contributed by atoms with Gasteiger partial charge in [-0.25, -0.2) is 0 Å². The van der Waals surface area contributed by atoms with Crippen molar-refractivity contribution in [3.8, 4) is 5.75 Å². The summed E-state index contributed by atoms with van der Waals surface area (Å²) < 4.78 is 5.70. The molecule has 146 valence electrons. The minimum Gasteiger partial charge on any atom is -0.487 e. The van der Waals surface area contributed by atoms with Crippen LogP contribution in [0.4, 0.5) is 5.69 Å². The van der Waals surface area contributed by atoms with Crippen LogP contribution in [0.15, 0.2) is 70.3 Å². The number of benzene rings is 2. The van der Waals surface area contributed by atoms with Gasteiger partial charge in [0.25, 0.3) is 5.91 Å². The lowest BCUT2D eigenvalue weighted by molar-refractivity contribution is -0.114. The molecule has 0 spiro atoms. The molecule has 2 aliphatic heterocycles. The average molecular weight is 405 g/mol. The van der Waals surface area contributed by atoms with Crippen LogP contribution in [-0.2, 0) is 4.79 Å². The second-order valence-corrected chi connectivity index (χ2v) is 7.64. The lowest BCUT2D eigenvalue weighted by Gasteiger charge is -2.20. The molecule has 0 fully saturated rings. The first-order valence-corrected chi connectivity index (χ1v) is 9.77. The molecular formula is C21H19N5O2S. The first-order chi connectivity index (χ1) is 14.0. The van der Waals surface area contributed by atoms with Gasteiger partial charge in [0.2, 0.25) is 5.17 Å². The molecule has 0 radical (unpaired) electrons. The van der Waals surface area contributed by atoms with E-state index >= 15 is 0 Å². The van der Waals surface area contributed by atoms with Gasteiger partial charge >= 0.3 is 0 Å². The van der Waals surface area contributed by atoms with Crippen molar-refractivity contribution in [3.63, 3.8) is 0 Å². The monoisotopic (exact) mass is 405 g/mol. The highest BCUT2D eigenvalue weighted by atomic mass is 32.2. The summed E-state index contributed by atoms with van der Waals surface area (Å²) in [6.07, 6.45) is 1.67. The van der Waals surface area contributed by atoms with E-state index in [4.69, 9.17) is 10.1 Å². The number of carbonyl (C=O) groups is 1. The summed E-state index contributed by atoms with van der Waals surface area (Å²) in [5.74, 6) is 0.306. The Balaban J connectivity index is 1.51. The van der Waals surface area contributed by atoms with Crippen LogP contribution >= 0.6 is 11.8 Å². The Morgan fingerprint density at radius 3 is 2.55 bits per heavy atom. The number of aliphatic imine (C=N–C) groups is 1. The summed E-state index contributed by atoms with van der Waals surface area (Å²) in [7, 11) is 3.93. The third-order valence-electron chi connectivity index (χ3n) is 4.32. The van der Waals surface area contributed by atoms with E-state index in [1.807, 2.05) is 73.6 Å². The predicted octanol–water partition coefficient (Wildman–Crippen LogP) is 3.45. The molecule has 7 nitrogen and oxygen atoms in total. The number of anilines is 1. The van der Waals surface area contributed by atoms with Crippen LogP contribution in [0.25, 0.3) is 6.08 Å². The molecule has 0 saturated carbocycles. The molecular weight excluding hydrogens is 386 g/mol. The molecule has 1 amide bonds. The minimum atomic E-state index is -0.439. The molecule has 0 saturated heterocycles. The van der Waals surface area contributed by atoms with Crippen LogP contribution in [0.5, 0.6) is 5.75 Å². The van der Waals surface area contributed by atoms with Gasteiger partial charge in [-0.05, 0) is 47.7 Å². The normalized spacial score (nSPS) is 17.2. The Morgan fingerprint density at radius 2 is 1.86 bits per heavy atom. The zero-order chi connectivity index (χ0) is 20.4. The second-order valence-electron chi connectivity index (χ2n) is 6.60. The van der Waals surface area contributed by atoms with Gasteiger partial charge in [-0.2, -0.15) is 15.1 Å². The van der Waals surface area contributed by atoms with Crippen molar-refractivity contribution in [3.05, 3.63) is 65.7 Å². The molecule has 29 heavy (non-hydrogen) atoms. The number of ether oxygens (including phenoxy) is 1. The van der Waals surface area contributed by atoms with E-state index in [-0.39, 0.29) is 18.0 Å². The van der Waals surface area contributed by atoms with Gasteiger partial charge in [0.15, 0.2) is 5.84 Å². The van der Waals surface area contributed by atoms with Gasteiger partial charge in [0.05, 0.1) is 5.57 Å². The summed E-state index contributed by atoms with van der Waals surface area (Å²) in [4.78, 5) is 18.6. The molecule has 0 bridgehead atoms. The largest absolute Gasteiger partial charge is 0.487 e. The molecule has 2 aromatic carbocycles. The Labute approximate surface area is 172 Å². The lowest BCUT2D eigenvalue weighted by atomic mass is 10.1. The van der Waals surface area contributed by atoms with Gasteiger partial charge in [0, 0.05) is 19.8 Å². The number of hydrogen-bond donors (Lipinski definition) is 1. The highest BCUT2D eigenvalue weighted by Gasteiger charge is 2.35. The second kappa shape index (κ2) is 7.92. The van der Waals surface area contributed by atoms with Gasteiger partial charge in [-0.1, -0.05) is 30.3 Å². The van der Waals surface area contributed by atoms with Crippen LogP contribution in [0.1, 0.15) is 5.56 Å². The quantitative estimate of drug-likeness (QED) is 0.771. The van der Waals surface area contributed by atoms with Crippen LogP contribution in [0.2, 0.25) is 0 Å². The Morgan fingerprint density at radius 1 is 1.14 bits per heavy atom. The van der Waals surface area contributed by atoms with Crippen molar-refractivity contribution in [1.29, 1.82) is 5.41 Å². The predicted molar refractivity (Wildman–Crippen MR) is 118 cm³/mol. The molecule has 2 heterocycles. The topological polar surface area (TPSA) is 81.3 Å². The summed E-state index contributed by atoms with van der Waals surface area (Å²) in [5, 5.41) is 15.2. The number of fused-ring (bicyclic) bond motifs is 1. The van der Waals surface area contributed by atoms with E-state index < -0.39 is 5.91 Å². The molecule has 0 aromatic heterocycles. The molecule has 4 rings (SSSR count). The van der Waals surface area contributed by atoms with Crippen molar-refractivity contribution in [2.24, 2.45) is 10.1 Å². The van der Waals surface area contributed by atoms with Crippen LogP contribution < -0.4 is 9.64 Å². The maximum Gasteiger partial charge on any atom is 0.283 e. The highest BCUT2D eigenvalue weighted by Crippen LogP contribution is 2.28. The molecule has 2 aromatic rings. The zero-order valence-corrected chi connectivity index (χ0v) is 16.8. The number of amidine groups is 2. The minimum absolute atomic E-state index is 0.0129. The van der Waals surface area contributed by atoms with Crippen LogP contribution in [0, 0.1) is 5.41 Å². The fourth-order valence-corrected chi connectivity index (χ4v) is 3.59. The first-order valence-electron chi connectivity index (χ1n) is 8.95. The van der Waals surface area contributed by atoms with Crippen molar-refractivity contribution in [2.75, 3.05) is 25.6 Å². The number of nitrogens with one attached hydrogen (secondary N) is 1. The van der Waals surface area contributed by atoms with Gasteiger partial charge in [-0.3, -0.25) is 10.2 Å². The fourth-order valence-electron chi connectivity index (χ4n) is 2.79. The van der Waals surface area contributed by atoms with Crippen molar-refractivity contribution < 1.29 is 9.53 Å². The van der Waals surface area contributed by atoms with E-state index in [1.165, 1.54) is 16.8 Å². The van der Waals surface area contributed by atoms with Crippen molar-refractivity contribution in [1.82, 2.24) is 5.01 Å². The van der Waals surface area contributed by atoms with Crippen LogP contribution in [-0.4, -0.2) is 47.7 Å². The first kappa shape index (κ1) is 18.9. The lowest BCUT2D eigenvalue weighted by Crippen LogP contribution is -2.35. The standard InChI is InChI=1S/C21H19N5O2S/c1-25(2)15-10-8-14(9-11-15)12-17-19(22)26-21(23-20(17)27)29-18(24-26)13-28-16-6-4-3-5-7-16/h3-12,22H,13H2,1-2H3/b17-12-,22-19?. The van der Waals surface area contributed by atoms with Gasteiger partial charge in [0.1, 0.15) is 17.4 Å². The number of hydrazone groups is 1. The molecule has 2 aliphatic rings. The molecule has 1 N–H and O–H groups in total. The number of thioether (sulfide) groups is 1. The third kappa shape index (κ3) is 4.07. The number of hydrogen-bond acceptors (Lipinski definition) is 6. The van der Waals surface area contributed by atoms with Crippen LogP contribution in [0.3, 0.4) is 0 Å². The Bertz CT molecular complexity index is 1040. The van der Waals surface area contributed by atoms with Crippen molar-refractivity contribution in [2.45, 2.75) is 0 Å². The Kier molecular flexibility index (Phi) is 5.18. The number of nitrogens with zero attached hydrogens (tertiary/aromatic N) is 4. The molecule has 0 aliphatic carbocycles. The fraction of sp³-hybridized carbons (Fsp3) is 0.143. The Hall–Kier alpha value is -3.39. The summed E-state index contributed by atoms with van der Waals surface area (Å²) >= 11 is 1.24. The van der Waals surface area contributed by atoms with E-state index in [9.17, 15) is 4.79 Å². The third-order valence-corrected chi connectivity index (χ3v) is 5.20. The number of rotatable bonds is 5. The highest BCUT2D eigenvalue weighted by molar-refractivity contribution is 8.27. The maximum atomic E-state index is 12.5. The molecule has 0 unspecified atom stereocenters. The smallest absolute Gasteiger partial charge is 0.283 e. The van der Waals surface area contributed by atoms with E-state index in [2.05, 4.69) is 10.1 Å². The number of carbonyl (C=O) groups excluding carboxylic acids is 1. The maximum absolute atomic E-state index is 12.5. The van der Waals surface area contributed by atoms with Gasteiger partial charge in [-0.15, -0.1) is 0 Å². The van der Waals surface area contributed by atoms with E-state index in [0.29, 0.717) is 10.2 Å². The SMILES string of the molecule is CN(C)c1ccc(/C=C2/C(=N)N3N=C(COc4ccccc4)SC3=NC2=O)cc1.